The first-order valence-corrected chi connectivity index (χ1v) is 4.40. The molecule has 0 atom stereocenters. The summed E-state index contributed by atoms with van der Waals surface area (Å²) in [4.78, 5) is 7.98. The first-order valence-electron chi connectivity index (χ1n) is 4.40. The number of nitrogens with one attached hydrogen (secondary N) is 1. The van der Waals surface area contributed by atoms with Gasteiger partial charge in [0.1, 0.15) is 11.6 Å². The monoisotopic (exact) mass is 196 g/mol. The van der Waals surface area contributed by atoms with Gasteiger partial charge < -0.3 is 15.8 Å². The van der Waals surface area contributed by atoms with Crippen LogP contribution >= 0.6 is 0 Å². The summed E-state index contributed by atoms with van der Waals surface area (Å²) in [7, 11) is 1.67. The summed E-state index contributed by atoms with van der Waals surface area (Å²) in [6.45, 7) is 4.63. The molecular formula is C9H16N4O. The molecule has 3 N–H and O–H groups in total. The van der Waals surface area contributed by atoms with E-state index in [1.54, 1.807) is 13.3 Å². The van der Waals surface area contributed by atoms with Crippen molar-refractivity contribution in [1.82, 2.24) is 9.97 Å². The summed E-state index contributed by atoms with van der Waals surface area (Å²) in [5.41, 5.74) is 5.26. The Kier molecular flexibility index (Phi) is 3.24. The van der Waals surface area contributed by atoms with Crippen molar-refractivity contribution in [2.24, 2.45) is 0 Å². The van der Waals surface area contributed by atoms with E-state index in [4.69, 9.17) is 10.5 Å². The number of nitrogens with two attached hydrogens (primary N) is 1. The van der Waals surface area contributed by atoms with Crippen LogP contribution in [0.4, 0.5) is 11.6 Å². The van der Waals surface area contributed by atoms with Crippen molar-refractivity contribution in [3.63, 3.8) is 0 Å². The Morgan fingerprint density at radius 1 is 1.50 bits per heavy atom. The summed E-state index contributed by atoms with van der Waals surface area (Å²) in [5.74, 6) is 1.07. The number of anilines is 2. The third-order valence-electron chi connectivity index (χ3n) is 1.90. The fourth-order valence-electron chi connectivity index (χ4n) is 0.842. The highest BCUT2D eigenvalue weighted by Crippen LogP contribution is 2.09. The Morgan fingerprint density at radius 2 is 2.21 bits per heavy atom. The van der Waals surface area contributed by atoms with E-state index in [-0.39, 0.29) is 5.60 Å². The van der Waals surface area contributed by atoms with Gasteiger partial charge in [-0.15, -0.1) is 0 Å². The number of aromatic nitrogens is 2. The van der Waals surface area contributed by atoms with Gasteiger partial charge >= 0.3 is 0 Å². The Labute approximate surface area is 83.7 Å². The minimum atomic E-state index is -0.230. The molecule has 0 fully saturated rings. The molecular weight excluding hydrogens is 180 g/mol. The second-order valence-electron chi connectivity index (χ2n) is 3.65. The molecule has 0 radical (unpaired) electrons. The van der Waals surface area contributed by atoms with Crippen LogP contribution in [-0.4, -0.2) is 29.2 Å². The van der Waals surface area contributed by atoms with Gasteiger partial charge in [0.05, 0.1) is 18.0 Å². The average molecular weight is 196 g/mol. The van der Waals surface area contributed by atoms with Crippen LogP contribution in [-0.2, 0) is 4.74 Å². The van der Waals surface area contributed by atoms with Crippen molar-refractivity contribution >= 4 is 11.6 Å². The fraction of sp³-hybridized carbons (Fsp3) is 0.556. The minimum Gasteiger partial charge on any atom is -0.382 e. The number of hydrogen-bond donors (Lipinski definition) is 2. The standard InChI is InChI=1S/C9H16N4O/c1-9(2,14-3)6-12-8-5-11-4-7(10)13-8/h4-5H,6H2,1-3H3,(H3,10,12,13). The molecule has 0 unspecified atom stereocenters. The normalized spacial score (nSPS) is 11.4. The third kappa shape index (κ3) is 3.18. The van der Waals surface area contributed by atoms with Gasteiger partial charge in [-0.25, -0.2) is 4.98 Å². The van der Waals surface area contributed by atoms with E-state index < -0.39 is 0 Å². The van der Waals surface area contributed by atoms with Crippen LogP contribution in [0.1, 0.15) is 13.8 Å². The van der Waals surface area contributed by atoms with Crippen LogP contribution in [0, 0.1) is 0 Å². The lowest BCUT2D eigenvalue weighted by Gasteiger charge is -2.23. The molecule has 1 aromatic rings. The quantitative estimate of drug-likeness (QED) is 0.748. The van der Waals surface area contributed by atoms with Gasteiger partial charge in [0.15, 0.2) is 0 Å². The van der Waals surface area contributed by atoms with Crippen molar-refractivity contribution in [2.75, 3.05) is 24.7 Å². The maximum atomic E-state index is 5.49. The molecule has 0 aliphatic rings. The van der Waals surface area contributed by atoms with E-state index >= 15 is 0 Å². The maximum absolute atomic E-state index is 5.49. The van der Waals surface area contributed by atoms with Gasteiger partial charge in [-0.05, 0) is 13.8 Å². The summed E-state index contributed by atoms with van der Waals surface area (Å²) >= 11 is 0. The zero-order valence-electron chi connectivity index (χ0n) is 8.74. The summed E-state index contributed by atoms with van der Waals surface area (Å²) in [6, 6.07) is 0. The lowest BCUT2D eigenvalue weighted by molar-refractivity contribution is 0.0343. The first kappa shape index (κ1) is 10.7. The Hall–Kier alpha value is -1.36. The van der Waals surface area contributed by atoms with Crippen molar-refractivity contribution < 1.29 is 4.74 Å². The second kappa shape index (κ2) is 4.23. The van der Waals surface area contributed by atoms with Crippen LogP contribution in [0.25, 0.3) is 0 Å². The summed E-state index contributed by atoms with van der Waals surface area (Å²) in [5, 5.41) is 3.10. The minimum absolute atomic E-state index is 0.230. The number of nitrogens with zero attached hydrogens (tertiary/aromatic N) is 2. The van der Waals surface area contributed by atoms with Crippen molar-refractivity contribution in [3.8, 4) is 0 Å². The highest BCUT2D eigenvalue weighted by molar-refractivity contribution is 5.38. The Balaban J connectivity index is 2.54. The number of methoxy groups -OCH3 is 1. The highest BCUT2D eigenvalue weighted by Gasteiger charge is 2.15. The van der Waals surface area contributed by atoms with E-state index in [0.29, 0.717) is 18.2 Å². The lowest BCUT2D eigenvalue weighted by Crippen LogP contribution is -2.32. The topological polar surface area (TPSA) is 73.1 Å². The van der Waals surface area contributed by atoms with Crippen LogP contribution < -0.4 is 11.1 Å². The molecule has 0 saturated heterocycles. The van der Waals surface area contributed by atoms with Crippen molar-refractivity contribution in [3.05, 3.63) is 12.4 Å². The molecule has 5 heteroatoms. The molecule has 0 spiro atoms. The third-order valence-corrected chi connectivity index (χ3v) is 1.90. The van der Waals surface area contributed by atoms with Gasteiger partial charge in [-0.2, -0.15) is 0 Å². The van der Waals surface area contributed by atoms with Gasteiger partial charge in [0.2, 0.25) is 0 Å². The van der Waals surface area contributed by atoms with Crippen molar-refractivity contribution in [1.29, 1.82) is 0 Å². The SMILES string of the molecule is COC(C)(C)CNc1cncc(N)n1. The molecule has 0 aromatic carbocycles. The summed E-state index contributed by atoms with van der Waals surface area (Å²) < 4.78 is 5.25. The van der Waals surface area contributed by atoms with E-state index in [9.17, 15) is 0 Å². The van der Waals surface area contributed by atoms with Gasteiger partial charge in [0, 0.05) is 13.7 Å². The van der Waals surface area contributed by atoms with E-state index in [0.717, 1.165) is 0 Å². The van der Waals surface area contributed by atoms with E-state index in [2.05, 4.69) is 15.3 Å². The van der Waals surface area contributed by atoms with Crippen LogP contribution in [0.2, 0.25) is 0 Å². The number of rotatable bonds is 4. The number of ether oxygens (including phenoxy) is 1. The number of hydrogen-bond acceptors (Lipinski definition) is 5. The predicted octanol–water partition coefficient (Wildman–Crippen LogP) is 0.896. The molecule has 1 aromatic heterocycles. The average Bonchev–Trinajstić information content (AvgIpc) is 2.15. The first-order chi connectivity index (χ1) is 6.53. The smallest absolute Gasteiger partial charge is 0.147 e. The second-order valence-corrected chi connectivity index (χ2v) is 3.65. The largest absolute Gasteiger partial charge is 0.382 e. The molecule has 0 amide bonds. The van der Waals surface area contributed by atoms with E-state index in [1.807, 2.05) is 13.8 Å². The number of nitrogen functional groups attached to an aromatic ring is 1. The van der Waals surface area contributed by atoms with Crippen LogP contribution in [0.5, 0.6) is 0 Å². The van der Waals surface area contributed by atoms with Crippen molar-refractivity contribution in [2.45, 2.75) is 19.4 Å². The van der Waals surface area contributed by atoms with E-state index in [1.165, 1.54) is 6.20 Å². The zero-order valence-corrected chi connectivity index (χ0v) is 8.74. The maximum Gasteiger partial charge on any atom is 0.147 e. The lowest BCUT2D eigenvalue weighted by atomic mass is 10.1. The molecule has 0 aliphatic carbocycles. The Morgan fingerprint density at radius 3 is 2.79 bits per heavy atom. The molecule has 5 nitrogen and oxygen atoms in total. The molecule has 1 rings (SSSR count). The molecule has 0 bridgehead atoms. The van der Waals surface area contributed by atoms with Crippen LogP contribution in [0.3, 0.4) is 0 Å². The Bertz CT molecular complexity index is 301. The van der Waals surface area contributed by atoms with Gasteiger partial charge in [0.25, 0.3) is 0 Å². The molecule has 14 heavy (non-hydrogen) atoms. The fourth-order valence-corrected chi connectivity index (χ4v) is 0.842. The summed E-state index contributed by atoms with van der Waals surface area (Å²) in [6.07, 6.45) is 3.13. The highest BCUT2D eigenvalue weighted by atomic mass is 16.5. The van der Waals surface area contributed by atoms with Gasteiger partial charge in [-0.1, -0.05) is 0 Å². The zero-order chi connectivity index (χ0) is 10.6. The molecule has 1 heterocycles. The predicted molar refractivity (Wildman–Crippen MR) is 56.0 cm³/mol. The molecule has 0 saturated carbocycles. The molecule has 0 aliphatic heterocycles. The van der Waals surface area contributed by atoms with Gasteiger partial charge in [-0.3, -0.25) is 4.98 Å². The molecule has 78 valence electrons. The van der Waals surface area contributed by atoms with Crippen LogP contribution in [0.15, 0.2) is 12.4 Å².